The average molecular weight is 599 g/mol. The van der Waals surface area contributed by atoms with Crippen molar-refractivity contribution in [2.24, 2.45) is 11.8 Å². The number of nitrogens with zero attached hydrogens (tertiary/aromatic N) is 1. The molecule has 0 unspecified atom stereocenters. The Labute approximate surface area is 261 Å². The van der Waals surface area contributed by atoms with Gasteiger partial charge in [0, 0.05) is 24.7 Å². The molecule has 1 aliphatic carbocycles. The third-order valence-electron chi connectivity index (χ3n) is 8.70. The van der Waals surface area contributed by atoms with E-state index in [1.807, 2.05) is 24.0 Å². The Kier molecular flexibility index (Phi) is 14.9. The molecule has 1 aliphatic heterocycles. The van der Waals surface area contributed by atoms with Gasteiger partial charge >= 0.3 is 5.97 Å². The van der Waals surface area contributed by atoms with E-state index in [1.165, 1.54) is 0 Å². The van der Waals surface area contributed by atoms with Crippen molar-refractivity contribution >= 4 is 17.4 Å². The fourth-order valence-corrected chi connectivity index (χ4v) is 6.00. The Morgan fingerprint density at radius 1 is 0.953 bits per heavy atom. The van der Waals surface area contributed by atoms with Crippen LogP contribution in [0.5, 0.6) is 11.5 Å². The summed E-state index contributed by atoms with van der Waals surface area (Å²) >= 11 is 0. The highest BCUT2D eigenvalue weighted by atomic mass is 16.5. The summed E-state index contributed by atoms with van der Waals surface area (Å²) in [5, 5.41) is 3.51. The highest BCUT2D eigenvalue weighted by Gasteiger charge is 2.29. The number of hydrogen-bond acceptors (Lipinski definition) is 6. The third kappa shape index (κ3) is 11.2. The van der Waals surface area contributed by atoms with Crippen molar-refractivity contribution in [1.82, 2.24) is 10.2 Å². The number of allylic oxidation sites excluding steroid dienone is 1. The van der Waals surface area contributed by atoms with Gasteiger partial charge in [-0.1, -0.05) is 47.1 Å². The number of benzene rings is 1. The molecule has 3 rings (SSSR count). The van der Waals surface area contributed by atoms with Gasteiger partial charge in [0.2, 0.25) is 0 Å². The highest BCUT2D eigenvalue weighted by Crippen LogP contribution is 2.35. The summed E-state index contributed by atoms with van der Waals surface area (Å²) in [7, 11) is 0. The maximum absolute atomic E-state index is 13.8. The van der Waals surface area contributed by atoms with Gasteiger partial charge in [-0.2, -0.15) is 0 Å². The number of nitrogens with one attached hydrogen (secondary N) is 1. The first-order valence-electron chi connectivity index (χ1n) is 17.1. The minimum atomic E-state index is -0.246. The quantitative estimate of drug-likeness (QED) is 0.137. The molecule has 1 aromatic rings. The van der Waals surface area contributed by atoms with Crippen LogP contribution in [-0.2, 0) is 9.53 Å². The van der Waals surface area contributed by atoms with Gasteiger partial charge in [0.15, 0.2) is 0 Å². The van der Waals surface area contributed by atoms with E-state index in [4.69, 9.17) is 14.2 Å². The number of hydrogen-bond donors (Lipinski definition) is 1. The molecule has 242 valence electrons. The lowest BCUT2D eigenvalue weighted by Gasteiger charge is -2.33. The lowest BCUT2D eigenvalue weighted by atomic mass is 9.92. The number of rotatable bonds is 18. The fourth-order valence-electron chi connectivity index (χ4n) is 6.00. The number of ether oxygens (including phenoxy) is 3. The first kappa shape index (κ1) is 34.9. The third-order valence-corrected chi connectivity index (χ3v) is 8.70. The van der Waals surface area contributed by atoms with Crippen molar-refractivity contribution < 1.29 is 23.8 Å². The van der Waals surface area contributed by atoms with Gasteiger partial charge in [-0.3, -0.25) is 9.59 Å². The molecule has 2 aliphatic rings. The van der Waals surface area contributed by atoms with Crippen LogP contribution in [0.2, 0.25) is 0 Å². The normalized spacial score (nSPS) is 16.8. The molecule has 1 amide bonds. The summed E-state index contributed by atoms with van der Waals surface area (Å²) in [6.07, 6.45) is 12.0. The standard InChI is InChI=1S/C36H58N2O5/c1-7-9-21-41-33-25-34(42-22-10-8-2)31(24-30(33)27(5)6)35(39)38-19-16-28(17-20-38)15-18-37-32(23-26(3)4)36(40)43-29-13-11-12-14-29/h24-26,28-29,32,37H,5,7-23H2,1-4,6H3/t32-/m0/s1. The van der Waals surface area contributed by atoms with E-state index >= 15 is 0 Å². The molecule has 1 saturated heterocycles. The summed E-state index contributed by atoms with van der Waals surface area (Å²) in [5.74, 6) is 2.19. The molecule has 0 aromatic heterocycles. The van der Waals surface area contributed by atoms with Crippen LogP contribution >= 0.6 is 0 Å². The molecule has 2 fully saturated rings. The Hall–Kier alpha value is -2.54. The monoisotopic (exact) mass is 598 g/mol. The molecule has 1 aromatic carbocycles. The zero-order valence-electron chi connectivity index (χ0n) is 27.7. The predicted octanol–water partition coefficient (Wildman–Crippen LogP) is 7.81. The van der Waals surface area contributed by atoms with Crippen molar-refractivity contribution in [1.29, 1.82) is 0 Å². The Morgan fingerprint density at radius 3 is 2.12 bits per heavy atom. The minimum Gasteiger partial charge on any atom is -0.493 e. The minimum absolute atomic E-state index is 0.0114. The van der Waals surface area contributed by atoms with Gasteiger partial charge in [0.05, 0.1) is 18.8 Å². The molecule has 7 nitrogen and oxygen atoms in total. The summed E-state index contributed by atoms with van der Waals surface area (Å²) in [6, 6.07) is 3.57. The van der Waals surface area contributed by atoms with Crippen LogP contribution in [0.1, 0.15) is 128 Å². The number of amides is 1. The lowest BCUT2D eigenvalue weighted by Crippen LogP contribution is -2.42. The molecule has 1 saturated carbocycles. The fraction of sp³-hybridized carbons (Fsp3) is 0.722. The van der Waals surface area contributed by atoms with Gasteiger partial charge in [0.25, 0.3) is 5.91 Å². The maximum atomic E-state index is 13.8. The summed E-state index contributed by atoms with van der Waals surface area (Å²) in [4.78, 5) is 28.7. The van der Waals surface area contributed by atoms with Crippen LogP contribution in [0.4, 0.5) is 0 Å². The van der Waals surface area contributed by atoms with Crippen LogP contribution in [0, 0.1) is 11.8 Å². The van der Waals surface area contributed by atoms with E-state index in [0.717, 1.165) is 100 Å². The molecular formula is C36H58N2O5. The zero-order valence-corrected chi connectivity index (χ0v) is 27.7. The van der Waals surface area contributed by atoms with Crippen molar-refractivity contribution in [2.75, 3.05) is 32.8 Å². The lowest BCUT2D eigenvalue weighted by molar-refractivity contribution is -0.151. The molecule has 0 bridgehead atoms. The van der Waals surface area contributed by atoms with Gasteiger partial charge in [0.1, 0.15) is 23.6 Å². The van der Waals surface area contributed by atoms with Gasteiger partial charge < -0.3 is 24.4 Å². The number of esters is 1. The predicted molar refractivity (Wildman–Crippen MR) is 175 cm³/mol. The first-order valence-corrected chi connectivity index (χ1v) is 17.1. The van der Waals surface area contributed by atoms with Crippen LogP contribution in [-0.4, -0.2) is 61.8 Å². The molecule has 1 atom stereocenters. The number of carbonyl (C=O) groups excluding carboxylic acids is 2. The van der Waals surface area contributed by atoms with Crippen LogP contribution in [0.15, 0.2) is 18.7 Å². The Morgan fingerprint density at radius 2 is 1.56 bits per heavy atom. The highest BCUT2D eigenvalue weighted by molar-refractivity contribution is 5.98. The largest absolute Gasteiger partial charge is 0.493 e. The van der Waals surface area contributed by atoms with E-state index in [-0.39, 0.29) is 24.0 Å². The van der Waals surface area contributed by atoms with Gasteiger partial charge in [-0.05, 0) is 101 Å². The maximum Gasteiger partial charge on any atom is 0.323 e. The zero-order chi connectivity index (χ0) is 31.2. The Balaban J connectivity index is 1.59. The summed E-state index contributed by atoms with van der Waals surface area (Å²) in [6.45, 7) is 18.1. The number of unbranched alkanes of at least 4 members (excludes halogenated alkanes) is 2. The van der Waals surface area contributed by atoms with Gasteiger partial charge in [-0.15, -0.1) is 0 Å². The molecule has 7 heteroatoms. The van der Waals surface area contributed by atoms with Gasteiger partial charge in [-0.25, -0.2) is 0 Å². The second kappa shape index (κ2) is 18.3. The number of carbonyl (C=O) groups is 2. The molecule has 1 N–H and O–H groups in total. The second-order valence-corrected chi connectivity index (χ2v) is 13.0. The topological polar surface area (TPSA) is 77.1 Å². The number of likely N-dealkylation sites (tertiary alicyclic amines) is 1. The molecular weight excluding hydrogens is 540 g/mol. The molecule has 0 spiro atoms. The molecule has 0 radical (unpaired) electrons. The van der Waals surface area contributed by atoms with E-state index in [1.54, 1.807) is 0 Å². The Bertz CT molecular complexity index is 1020. The van der Waals surface area contributed by atoms with Crippen molar-refractivity contribution in [3.8, 4) is 11.5 Å². The summed E-state index contributed by atoms with van der Waals surface area (Å²) < 4.78 is 18.1. The van der Waals surface area contributed by atoms with Crippen molar-refractivity contribution in [3.63, 3.8) is 0 Å². The second-order valence-electron chi connectivity index (χ2n) is 13.0. The van der Waals surface area contributed by atoms with Crippen molar-refractivity contribution in [2.45, 2.75) is 124 Å². The number of piperidine rings is 1. The van der Waals surface area contributed by atoms with Crippen LogP contribution in [0.25, 0.3) is 5.57 Å². The van der Waals surface area contributed by atoms with E-state index in [0.29, 0.717) is 49.5 Å². The van der Waals surface area contributed by atoms with Crippen LogP contribution in [0.3, 0.4) is 0 Å². The average Bonchev–Trinajstić information content (AvgIpc) is 3.49. The molecule has 43 heavy (non-hydrogen) atoms. The summed E-state index contributed by atoms with van der Waals surface area (Å²) in [5.41, 5.74) is 2.33. The van der Waals surface area contributed by atoms with E-state index in [2.05, 4.69) is 39.6 Å². The van der Waals surface area contributed by atoms with E-state index in [9.17, 15) is 9.59 Å². The SMILES string of the molecule is C=C(C)c1cc(C(=O)N2CCC(CCN[C@@H](CC(C)C)C(=O)OC3CCCC3)CC2)c(OCCCC)cc1OCCCC. The first-order chi connectivity index (χ1) is 20.7. The van der Waals surface area contributed by atoms with Crippen molar-refractivity contribution in [3.05, 3.63) is 29.8 Å². The van der Waals surface area contributed by atoms with Crippen LogP contribution < -0.4 is 14.8 Å². The van der Waals surface area contributed by atoms with E-state index < -0.39 is 0 Å². The smallest absolute Gasteiger partial charge is 0.323 e. The molecule has 1 heterocycles.